The smallest absolute Gasteiger partial charge is 0.266 e. The van der Waals surface area contributed by atoms with Crippen molar-refractivity contribution in [1.29, 1.82) is 0 Å². The van der Waals surface area contributed by atoms with Crippen LogP contribution in [0, 0.1) is 4.84 Å². The van der Waals surface area contributed by atoms with E-state index in [0.29, 0.717) is 4.84 Å². The molecule has 1 aromatic rings. The molecule has 0 saturated carbocycles. The van der Waals surface area contributed by atoms with Crippen LogP contribution in [0.5, 0.6) is 0 Å². The number of aromatic nitrogens is 1. The highest BCUT2D eigenvalue weighted by Crippen LogP contribution is 2.13. The van der Waals surface area contributed by atoms with Crippen molar-refractivity contribution >= 4 is 17.8 Å². The van der Waals surface area contributed by atoms with Gasteiger partial charge >= 0.3 is 0 Å². The molecule has 68 valence electrons. The third-order valence-electron chi connectivity index (χ3n) is 1.52. The second kappa shape index (κ2) is 4.62. The Labute approximate surface area is 82.3 Å². The monoisotopic (exact) mass is 193 g/mol. The third-order valence-corrected chi connectivity index (χ3v) is 1.72. The van der Waals surface area contributed by atoms with E-state index in [-0.39, 0.29) is 0 Å². The topological polar surface area (TPSA) is 28.9 Å². The fourth-order valence-electron chi connectivity index (χ4n) is 0.889. The van der Waals surface area contributed by atoms with Crippen molar-refractivity contribution in [2.45, 2.75) is 6.92 Å². The number of rotatable bonds is 3. The Kier molecular flexibility index (Phi) is 3.46. The van der Waals surface area contributed by atoms with Crippen LogP contribution in [0.25, 0.3) is 5.57 Å². The van der Waals surface area contributed by atoms with Crippen LogP contribution in [0.2, 0.25) is 0 Å². The van der Waals surface area contributed by atoms with E-state index in [1.807, 2.05) is 25.2 Å². The fraction of sp³-hybridized carbons (Fsp3) is 0.100. The molecule has 0 aliphatic rings. The molecule has 1 aromatic heterocycles. The zero-order chi connectivity index (χ0) is 9.68. The summed E-state index contributed by atoms with van der Waals surface area (Å²) in [5, 5.41) is 0. The van der Waals surface area contributed by atoms with Crippen LogP contribution in [0.15, 0.2) is 41.6 Å². The van der Waals surface area contributed by atoms with E-state index in [1.54, 1.807) is 12.3 Å². The van der Waals surface area contributed by atoms with Gasteiger partial charge in [0.15, 0.2) is 0 Å². The van der Waals surface area contributed by atoms with Crippen LogP contribution in [0.4, 0.5) is 0 Å². The molecule has 1 heterocycles. The lowest BCUT2D eigenvalue weighted by Crippen LogP contribution is -1.78. The van der Waals surface area contributed by atoms with Gasteiger partial charge in [-0.15, -0.1) is 0 Å². The first-order valence-corrected chi connectivity index (χ1v) is 4.32. The van der Waals surface area contributed by atoms with E-state index in [2.05, 4.69) is 11.6 Å². The van der Waals surface area contributed by atoms with Crippen molar-refractivity contribution in [3.8, 4) is 0 Å². The van der Waals surface area contributed by atoms with Crippen molar-refractivity contribution in [2.75, 3.05) is 0 Å². The van der Waals surface area contributed by atoms with Gasteiger partial charge in [-0.3, -0.25) is 0 Å². The standard InChI is InChI=1S/C10H11NOS/c1-3-5-6-8(4-2)9-7-12-10(13)11-9/h3-7H,2H2,1H3,(H,11,13)/b5-3-,8-6+. The maximum absolute atomic E-state index is 4.97. The normalized spacial score (nSPS) is 12.2. The van der Waals surface area contributed by atoms with Gasteiger partial charge in [-0.2, -0.15) is 0 Å². The molecular formula is C10H11NOS. The van der Waals surface area contributed by atoms with Gasteiger partial charge in [0.05, 0.1) is 5.69 Å². The van der Waals surface area contributed by atoms with E-state index in [0.717, 1.165) is 11.3 Å². The highest BCUT2D eigenvalue weighted by Gasteiger charge is 1.98. The molecule has 0 saturated heterocycles. The molecule has 0 bridgehead atoms. The fourth-order valence-corrected chi connectivity index (χ4v) is 1.05. The minimum absolute atomic E-state index is 0.378. The van der Waals surface area contributed by atoms with Gasteiger partial charge in [-0.1, -0.05) is 30.9 Å². The maximum atomic E-state index is 4.97. The van der Waals surface area contributed by atoms with Crippen LogP contribution in [0.3, 0.4) is 0 Å². The highest BCUT2D eigenvalue weighted by molar-refractivity contribution is 7.71. The Bertz CT molecular complexity index is 395. The first kappa shape index (κ1) is 9.74. The van der Waals surface area contributed by atoms with Crippen molar-refractivity contribution < 1.29 is 4.42 Å². The summed E-state index contributed by atoms with van der Waals surface area (Å²) in [4.78, 5) is 3.29. The SMILES string of the molecule is C=C/C(=C\C=C/C)c1coc(=S)[nH]1. The highest BCUT2D eigenvalue weighted by atomic mass is 32.1. The summed E-state index contributed by atoms with van der Waals surface area (Å²) >= 11 is 4.81. The molecule has 0 aliphatic carbocycles. The van der Waals surface area contributed by atoms with E-state index < -0.39 is 0 Å². The molecule has 0 spiro atoms. The Balaban J connectivity index is 3.03. The number of hydrogen-bond donors (Lipinski definition) is 1. The van der Waals surface area contributed by atoms with E-state index in [1.165, 1.54) is 0 Å². The largest absolute Gasteiger partial charge is 0.437 e. The molecule has 0 aromatic carbocycles. The molecule has 0 radical (unpaired) electrons. The molecule has 3 heteroatoms. The molecule has 13 heavy (non-hydrogen) atoms. The van der Waals surface area contributed by atoms with E-state index in [9.17, 15) is 0 Å². The molecule has 0 amide bonds. The van der Waals surface area contributed by atoms with Gasteiger partial charge in [-0.05, 0) is 19.1 Å². The van der Waals surface area contributed by atoms with Crippen LogP contribution in [-0.2, 0) is 0 Å². The Morgan fingerprint density at radius 3 is 2.92 bits per heavy atom. The van der Waals surface area contributed by atoms with E-state index >= 15 is 0 Å². The van der Waals surface area contributed by atoms with E-state index in [4.69, 9.17) is 16.6 Å². The number of hydrogen-bond acceptors (Lipinski definition) is 2. The first-order chi connectivity index (χ1) is 6.27. The van der Waals surface area contributed by atoms with Crippen molar-refractivity contribution in [1.82, 2.24) is 4.98 Å². The zero-order valence-electron chi connectivity index (χ0n) is 7.41. The van der Waals surface area contributed by atoms with Crippen molar-refractivity contribution in [2.24, 2.45) is 0 Å². The number of nitrogens with one attached hydrogen (secondary N) is 1. The summed E-state index contributed by atoms with van der Waals surface area (Å²) in [6.07, 6.45) is 9.14. The van der Waals surface area contributed by atoms with Gasteiger partial charge in [0, 0.05) is 5.57 Å². The molecule has 0 unspecified atom stereocenters. The second-order valence-electron chi connectivity index (χ2n) is 2.41. The average Bonchev–Trinajstić information content (AvgIpc) is 2.54. The summed E-state index contributed by atoms with van der Waals surface area (Å²) < 4.78 is 4.97. The quantitative estimate of drug-likeness (QED) is 0.588. The number of oxazole rings is 1. The summed E-state index contributed by atoms with van der Waals surface area (Å²) in [6, 6.07) is 0. The Hall–Kier alpha value is -1.35. The predicted octanol–water partition coefficient (Wildman–Crippen LogP) is 3.48. The summed E-state index contributed by atoms with van der Waals surface area (Å²) in [7, 11) is 0. The Morgan fingerprint density at radius 2 is 2.46 bits per heavy atom. The molecule has 1 N–H and O–H groups in total. The van der Waals surface area contributed by atoms with Crippen LogP contribution < -0.4 is 0 Å². The van der Waals surface area contributed by atoms with Crippen molar-refractivity contribution in [3.05, 3.63) is 47.7 Å². The third kappa shape index (κ3) is 2.56. The number of H-pyrrole nitrogens is 1. The summed E-state index contributed by atoms with van der Waals surface area (Å²) in [5.74, 6) is 0. The van der Waals surface area contributed by atoms with Gasteiger partial charge in [0.25, 0.3) is 4.84 Å². The molecule has 0 fully saturated rings. The molecule has 0 atom stereocenters. The zero-order valence-corrected chi connectivity index (χ0v) is 8.23. The minimum Gasteiger partial charge on any atom is -0.437 e. The lowest BCUT2D eigenvalue weighted by molar-refractivity contribution is 0.540. The molecular weight excluding hydrogens is 182 g/mol. The van der Waals surface area contributed by atoms with Crippen LogP contribution >= 0.6 is 12.2 Å². The lowest BCUT2D eigenvalue weighted by Gasteiger charge is -1.92. The van der Waals surface area contributed by atoms with Crippen LogP contribution in [-0.4, -0.2) is 4.98 Å². The first-order valence-electron chi connectivity index (χ1n) is 3.91. The van der Waals surface area contributed by atoms with Gasteiger partial charge in [0.1, 0.15) is 6.26 Å². The lowest BCUT2D eigenvalue weighted by atomic mass is 10.2. The maximum Gasteiger partial charge on any atom is 0.266 e. The van der Waals surface area contributed by atoms with Gasteiger partial charge < -0.3 is 9.40 Å². The summed E-state index contributed by atoms with van der Waals surface area (Å²) in [5.41, 5.74) is 1.80. The second-order valence-corrected chi connectivity index (χ2v) is 2.78. The number of aromatic amines is 1. The van der Waals surface area contributed by atoms with Gasteiger partial charge in [-0.25, -0.2) is 0 Å². The minimum atomic E-state index is 0.378. The van der Waals surface area contributed by atoms with Gasteiger partial charge in [0.2, 0.25) is 0 Å². The summed E-state index contributed by atoms with van der Waals surface area (Å²) in [6.45, 7) is 5.65. The molecule has 1 rings (SSSR count). The number of allylic oxidation sites excluding steroid dienone is 5. The predicted molar refractivity (Wildman–Crippen MR) is 56.9 cm³/mol. The van der Waals surface area contributed by atoms with Crippen molar-refractivity contribution in [3.63, 3.8) is 0 Å². The average molecular weight is 193 g/mol. The Morgan fingerprint density at radius 1 is 1.69 bits per heavy atom. The molecule has 0 aliphatic heterocycles. The van der Waals surface area contributed by atoms with Crippen LogP contribution in [0.1, 0.15) is 12.6 Å². The molecule has 2 nitrogen and oxygen atoms in total.